The SMILES string of the molecule is C#CC(C)(C)N(C(=O)Cc1ccccc1F)c1ccnc(C(N)=O)c1. The number of carbonyl (C=O) groups is 2. The van der Waals surface area contributed by atoms with Crippen molar-refractivity contribution < 1.29 is 14.0 Å². The Labute approximate surface area is 145 Å². The summed E-state index contributed by atoms with van der Waals surface area (Å²) < 4.78 is 13.9. The molecule has 128 valence electrons. The number of aromatic nitrogens is 1. The molecule has 0 aliphatic rings. The van der Waals surface area contributed by atoms with Gasteiger partial charge in [-0.15, -0.1) is 6.42 Å². The predicted octanol–water partition coefficient (Wildman–Crippen LogP) is 2.31. The van der Waals surface area contributed by atoms with E-state index >= 15 is 0 Å². The third-order valence-corrected chi connectivity index (χ3v) is 3.72. The van der Waals surface area contributed by atoms with Gasteiger partial charge in [0.1, 0.15) is 17.1 Å². The number of terminal acetylenes is 1. The fourth-order valence-corrected chi connectivity index (χ4v) is 2.42. The first-order valence-electron chi connectivity index (χ1n) is 7.56. The van der Waals surface area contributed by atoms with Crippen LogP contribution in [0, 0.1) is 18.2 Å². The highest BCUT2D eigenvalue weighted by molar-refractivity contribution is 5.98. The minimum absolute atomic E-state index is 0.00835. The third-order valence-electron chi connectivity index (χ3n) is 3.72. The van der Waals surface area contributed by atoms with Crippen LogP contribution in [0.2, 0.25) is 0 Å². The second-order valence-electron chi connectivity index (χ2n) is 5.96. The van der Waals surface area contributed by atoms with Gasteiger partial charge in [0.15, 0.2) is 0 Å². The first kappa shape index (κ1) is 18.1. The van der Waals surface area contributed by atoms with Crippen LogP contribution in [0.15, 0.2) is 42.6 Å². The van der Waals surface area contributed by atoms with E-state index in [-0.39, 0.29) is 17.7 Å². The maximum absolute atomic E-state index is 13.9. The third kappa shape index (κ3) is 4.01. The number of nitrogens with zero attached hydrogens (tertiary/aromatic N) is 2. The number of amides is 2. The lowest BCUT2D eigenvalue weighted by Crippen LogP contribution is -2.48. The minimum Gasteiger partial charge on any atom is -0.364 e. The molecule has 1 aromatic carbocycles. The fourth-order valence-electron chi connectivity index (χ4n) is 2.42. The number of nitrogens with two attached hydrogens (primary N) is 1. The smallest absolute Gasteiger partial charge is 0.267 e. The predicted molar refractivity (Wildman–Crippen MR) is 93.3 cm³/mol. The van der Waals surface area contributed by atoms with Crippen LogP contribution in [0.5, 0.6) is 0 Å². The molecule has 2 aromatic rings. The lowest BCUT2D eigenvalue weighted by molar-refractivity contribution is -0.118. The van der Waals surface area contributed by atoms with E-state index in [1.165, 1.54) is 29.3 Å². The van der Waals surface area contributed by atoms with Crippen LogP contribution in [-0.2, 0) is 11.2 Å². The molecule has 0 aliphatic carbocycles. The van der Waals surface area contributed by atoms with Gasteiger partial charge in [-0.2, -0.15) is 0 Å². The Bertz CT molecular complexity index is 856. The summed E-state index contributed by atoms with van der Waals surface area (Å²) in [7, 11) is 0. The summed E-state index contributed by atoms with van der Waals surface area (Å²) in [6.45, 7) is 3.35. The lowest BCUT2D eigenvalue weighted by Gasteiger charge is -2.35. The van der Waals surface area contributed by atoms with E-state index in [1.54, 1.807) is 32.0 Å². The number of hydrogen-bond donors (Lipinski definition) is 1. The summed E-state index contributed by atoms with van der Waals surface area (Å²) in [6.07, 6.45) is 6.77. The maximum Gasteiger partial charge on any atom is 0.267 e. The van der Waals surface area contributed by atoms with E-state index in [2.05, 4.69) is 10.9 Å². The molecule has 2 N–H and O–H groups in total. The normalized spacial score (nSPS) is 10.8. The number of hydrogen-bond acceptors (Lipinski definition) is 3. The second-order valence-corrected chi connectivity index (χ2v) is 5.96. The summed E-state index contributed by atoms with van der Waals surface area (Å²) in [5.41, 5.74) is 4.88. The molecule has 5 nitrogen and oxygen atoms in total. The number of anilines is 1. The Kier molecular flexibility index (Phi) is 5.18. The van der Waals surface area contributed by atoms with Crippen LogP contribution < -0.4 is 10.6 Å². The van der Waals surface area contributed by atoms with E-state index in [0.717, 1.165) is 0 Å². The number of pyridine rings is 1. The van der Waals surface area contributed by atoms with Crippen molar-refractivity contribution in [3.8, 4) is 12.3 Å². The molecule has 6 heteroatoms. The van der Waals surface area contributed by atoms with Gasteiger partial charge < -0.3 is 5.73 Å². The Morgan fingerprint density at radius 1 is 1.32 bits per heavy atom. The summed E-state index contributed by atoms with van der Waals surface area (Å²) in [5, 5.41) is 0. The molecule has 2 amide bonds. The van der Waals surface area contributed by atoms with Crippen LogP contribution in [0.1, 0.15) is 29.9 Å². The summed E-state index contributed by atoms with van der Waals surface area (Å²) in [5.74, 6) is 0.946. The molecule has 0 bridgehead atoms. The van der Waals surface area contributed by atoms with Gasteiger partial charge >= 0.3 is 0 Å². The Morgan fingerprint density at radius 2 is 2.00 bits per heavy atom. The van der Waals surface area contributed by atoms with Crippen molar-refractivity contribution in [1.82, 2.24) is 4.98 Å². The lowest BCUT2D eigenvalue weighted by atomic mass is 10.0. The molecular formula is C19H18FN3O2. The highest BCUT2D eigenvalue weighted by atomic mass is 19.1. The van der Waals surface area contributed by atoms with Crippen LogP contribution in [-0.4, -0.2) is 22.3 Å². The topological polar surface area (TPSA) is 76.3 Å². The summed E-state index contributed by atoms with van der Waals surface area (Å²) in [6, 6.07) is 8.96. The number of benzene rings is 1. The molecule has 1 heterocycles. The van der Waals surface area contributed by atoms with Crippen LogP contribution in [0.3, 0.4) is 0 Å². The second kappa shape index (κ2) is 7.14. The molecule has 0 radical (unpaired) electrons. The standard InChI is InChI=1S/C19H18FN3O2/c1-4-19(2,3)23(14-9-10-22-16(12-14)18(21)25)17(24)11-13-7-5-6-8-15(13)20/h1,5-10,12H,11H2,2-3H3,(H2,21,25). The average Bonchev–Trinajstić information content (AvgIpc) is 2.57. The van der Waals surface area contributed by atoms with E-state index in [0.29, 0.717) is 5.69 Å². The average molecular weight is 339 g/mol. The van der Waals surface area contributed by atoms with E-state index < -0.39 is 23.2 Å². The molecule has 2 rings (SSSR count). The van der Waals surface area contributed by atoms with E-state index in [9.17, 15) is 14.0 Å². The monoisotopic (exact) mass is 339 g/mol. The Hall–Kier alpha value is -3.20. The summed E-state index contributed by atoms with van der Waals surface area (Å²) in [4.78, 5) is 29.4. The molecule has 0 atom stereocenters. The number of rotatable bonds is 5. The highest BCUT2D eigenvalue weighted by Crippen LogP contribution is 2.25. The van der Waals surface area contributed by atoms with Gasteiger partial charge in [0.2, 0.25) is 5.91 Å². The van der Waals surface area contributed by atoms with Crippen molar-refractivity contribution in [3.63, 3.8) is 0 Å². The molecule has 0 fully saturated rings. The molecule has 0 aliphatic heterocycles. The van der Waals surface area contributed by atoms with E-state index in [1.807, 2.05) is 0 Å². The number of carbonyl (C=O) groups excluding carboxylic acids is 2. The largest absolute Gasteiger partial charge is 0.364 e. The van der Waals surface area contributed by atoms with Gasteiger partial charge in [0, 0.05) is 11.9 Å². The number of primary amides is 1. The first-order valence-corrected chi connectivity index (χ1v) is 7.56. The van der Waals surface area contributed by atoms with Gasteiger partial charge in [-0.1, -0.05) is 24.1 Å². The fraction of sp³-hybridized carbons (Fsp3) is 0.211. The molecule has 0 saturated heterocycles. The zero-order chi connectivity index (χ0) is 18.6. The van der Waals surface area contributed by atoms with Crippen molar-refractivity contribution in [2.75, 3.05) is 4.90 Å². The molecule has 0 spiro atoms. The summed E-state index contributed by atoms with van der Waals surface area (Å²) >= 11 is 0. The van der Waals surface area contributed by atoms with Crippen molar-refractivity contribution in [2.45, 2.75) is 25.8 Å². The Morgan fingerprint density at radius 3 is 2.60 bits per heavy atom. The highest BCUT2D eigenvalue weighted by Gasteiger charge is 2.31. The zero-order valence-corrected chi connectivity index (χ0v) is 14.0. The van der Waals surface area contributed by atoms with Crippen molar-refractivity contribution >= 4 is 17.5 Å². The molecule has 0 unspecified atom stereocenters. The van der Waals surface area contributed by atoms with Crippen molar-refractivity contribution in [2.24, 2.45) is 5.73 Å². The maximum atomic E-state index is 13.9. The zero-order valence-electron chi connectivity index (χ0n) is 14.0. The minimum atomic E-state index is -1.00. The van der Waals surface area contributed by atoms with Crippen LogP contribution in [0.4, 0.5) is 10.1 Å². The molecular weight excluding hydrogens is 321 g/mol. The van der Waals surface area contributed by atoms with Crippen LogP contribution >= 0.6 is 0 Å². The van der Waals surface area contributed by atoms with Gasteiger partial charge in [-0.3, -0.25) is 19.5 Å². The van der Waals surface area contributed by atoms with Gasteiger partial charge in [0.25, 0.3) is 5.91 Å². The van der Waals surface area contributed by atoms with Gasteiger partial charge in [-0.25, -0.2) is 4.39 Å². The van der Waals surface area contributed by atoms with Crippen molar-refractivity contribution in [1.29, 1.82) is 0 Å². The Balaban J connectivity index is 2.45. The first-order chi connectivity index (χ1) is 11.8. The quantitative estimate of drug-likeness (QED) is 0.849. The van der Waals surface area contributed by atoms with Crippen LogP contribution in [0.25, 0.3) is 0 Å². The van der Waals surface area contributed by atoms with Crippen molar-refractivity contribution in [3.05, 3.63) is 59.7 Å². The molecule has 0 saturated carbocycles. The van der Waals surface area contributed by atoms with Gasteiger partial charge in [-0.05, 0) is 37.6 Å². The molecule has 1 aromatic heterocycles. The molecule has 25 heavy (non-hydrogen) atoms. The van der Waals surface area contributed by atoms with E-state index in [4.69, 9.17) is 12.2 Å². The number of halogens is 1. The van der Waals surface area contributed by atoms with Gasteiger partial charge in [0.05, 0.1) is 6.42 Å².